The van der Waals surface area contributed by atoms with Crippen molar-refractivity contribution in [3.63, 3.8) is 0 Å². The van der Waals surface area contributed by atoms with Crippen LogP contribution < -0.4 is 14.2 Å². The van der Waals surface area contributed by atoms with Gasteiger partial charge in [0.1, 0.15) is 34.1 Å². The summed E-state index contributed by atoms with van der Waals surface area (Å²) in [7, 11) is -10.4. The van der Waals surface area contributed by atoms with Gasteiger partial charge in [0, 0.05) is 14.7 Å². The lowest BCUT2D eigenvalue weighted by atomic mass is 10.2. The first-order chi connectivity index (χ1) is 26.6. The van der Waals surface area contributed by atoms with E-state index in [1.807, 2.05) is 0 Å². The molecule has 0 radical (unpaired) electrons. The SMILES string of the molecule is CC(C)(C)OC(=O)Oc1cccc(S(OS(=O)(=O)c2c(F)c(F)c(F)c(F)c2F)(c2cccc(OC(=O)OC(C)(C)C)c2)c2cccc(OC(=O)OC(C)(C)C)c2)c1. The Labute approximate surface area is 332 Å². The van der Waals surface area contributed by atoms with Gasteiger partial charge in [0.25, 0.3) is 0 Å². The number of benzene rings is 4. The van der Waals surface area contributed by atoms with Crippen molar-refractivity contribution in [1.29, 1.82) is 0 Å². The molecule has 4 rings (SSSR count). The van der Waals surface area contributed by atoms with Crippen molar-refractivity contribution in [3.8, 4) is 17.2 Å². The van der Waals surface area contributed by atoms with Gasteiger partial charge in [-0.25, -0.2) is 40.0 Å². The Morgan fingerprint density at radius 2 is 0.741 bits per heavy atom. The third kappa shape index (κ3) is 11.2. The summed E-state index contributed by atoms with van der Waals surface area (Å²) in [5, 5.41) is 0. The summed E-state index contributed by atoms with van der Waals surface area (Å²) in [4.78, 5) is 35.0. The molecular weight excluding hydrogens is 820 g/mol. The zero-order valence-electron chi connectivity index (χ0n) is 32.5. The van der Waals surface area contributed by atoms with E-state index in [4.69, 9.17) is 32.1 Å². The molecule has 0 aromatic heterocycles. The molecule has 314 valence electrons. The van der Waals surface area contributed by atoms with Gasteiger partial charge in [-0.2, -0.15) is 8.42 Å². The molecule has 4 aromatic rings. The average molecular weight is 859 g/mol. The first-order valence-corrected chi connectivity index (χ1v) is 19.9. The largest absolute Gasteiger partial charge is 0.514 e. The molecule has 0 bridgehead atoms. The third-order valence-corrected chi connectivity index (χ3v) is 11.9. The predicted molar refractivity (Wildman–Crippen MR) is 197 cm³/mol. The van der Waals surface area contributed by atoms with E-state index < -0.39 is 89.7 Å². The molecule has 0 aliphatic rings. The highest BCUT2D eigenvalue weighted by atomic mass is 32.3. The van der Waals surface area contributed by atoms with Gasteiger partial charge in [-0.05, 0) is 127 Å². The van der Waals surface area contributed by atoms with E-state index in [1.165, 1.54) is 54.6 Å². The van der Waals surface area contributed by atoms with Crippen molar-refractivity contribution in [1.82, 2.24) is 0 Å². The molecule has 0 fully saturated rings. The molecule has 19 heteroatoms. The van der Waals surface area contributed by atoms with Crippen LogP contribution in [-0.2, 0) is 28.0 Å². The quantitative estimate of drug-likeness (QED) is 0.0393. The number of hydrogen-bond donors (Lipinski definition) is 0. The van der Waals surface area contributed by atoms with Crippen molar-refractivity contribution in [3.05, 3.63) is 102 Å². The van der Waals surface area contributed by atoms with Gasteiger partial charge in [0.15, 0.2) is 28.2 Å². The van der Waals surface area contributed by atoms with Crippen molar-refractivity contribution < 1.29 is 76.8 Å². The molecule has 58 heavy (non-hydrogen) atoms. The number of ether oxygens (including phenoxy) is 6. The Morgan fingerprint density at radius 1 is 0.466 bits per heavy atom. The highest BCUT2D eigenvalue weighted by molar-refractivity contribution is 8.33. The Bertz CT molecular complexity index is 2130. The van der Waals surface area contributed by atoms with Crippen LogP contribution in [0.15, 0.2) is 92.4 Å². The fourth-order valence-electron chi connectivity index (χ4n) is 4.75. The van der Waals surface area contributed by atoms with E-state index in [1.54, 1.807) is 62.3 Å². The maximum atomic E-state index is 15.3. The molecule has 4 aromatic carbocycles. The van der Waals surface area contributed by atoms with Crippen molar-refractivity contribution in [2.75, 3.05) is 0 Å². The van der Waals surface area contributed by atoms with Gasteiger partial charge in [-0.15, -0.1) is 0 Å². The molecule has 0 atom stereocenters. The summed E-state index contributed by atoms with van der Waals surface area (Å²) in [6.07, 6.45) is -3.62. The van der Waals surface area contributed by atoms with Gasteiger partial charge in [-0.1, -0.05) is 18.2 Å². The van der Waals surface area contributed by atoms with Crippen LogP contribution in [0.25, 0.3) is 0 Å². The third-order valence-electron chi connectivity index (χ3n) is 6.80. The fraction of sp³-hybridized carbons (Fsp3) is 0.308. The number of carbonyl (C=O) groups excluding carboxylic acids is 3. The Balaban J connectivity index is 2.11. The summed E-state index contributed by atoms with van der Waals surface area (Å²) in [6, 6.07) is 14.5. The molecule has 12 nitrogen and oxygen atoms in total. The van der Waals surface area contributed by atoms with E-state index in [0.717, 1.165) is 18.2 Å². The molecule has 0 saturated heterocycles. The van der Waals surface area contributed by atoms with Gasteiger partial charge >= 0.3 is 28.6 Å². The van der Waals surface area contributed by atoms with Gasteiger partial charge in [-0.3, -0.25) is 0 Å². The first-order valence-electron chi connectivity index (χ1n) is 17.0. The monoisotopic (exact) mass is 858 g/mol. The standard InChI is InChI=1S/C39H39F5O12S2/c1-37(2,3)53-34(45)50-22-13-10-16-25(19-22)57(26-17-11-14-23(20-26)51-35(46)54-38(4,5)6,27-18-12-15-24(21-27)52-36(47)55-39(7,8)9)56-58(48,49)33-31(43)29(41)28(40)30(42)32(33)44/h10-21H,1-9H3. The molecule has 0 heterocycles. The number of hydrogen-bond acceptors (Lipinski definition) is 12. The number of halogens is 5. The Hall–Kier alpha value is -5.40. The Kier molecular flexibility index (Phi) is 13.1. The predicted octanol–water partition coefficient (Wildman–Crippen LogP) is 10.9. The first kappa shape index (κ1) is 45.3. The molecular formula is C39H39F5O12S2. The lowest BCUT2D eigenvalue weighted by molar-refractivity contribution is 0.0192. The van der Waals surface area contributed by atoms with Crippen LogP contribution in [-0.4, -0.2) is 43.7 Å². The van der Waals surface area contributed by atoms with Crippen molar-refractivity contribution in [2.24, 2.45) is 0 Å². The summed E-state index contributed by atoms with van der Waals surface area (Å²) in [5.41, 5.74) is -3.09. The minimum absolute atomic E-state index is 0.273. The summed E-state index contributed by atoms with van der Waals surface area (Å²) >= 11 is 0. The summed E-state index contributed by atoms with van der Waals surface area (Å²) < 4.78 is 140. The minimum Gasteiger partial charge on any atom is -0.428 e. The fourth-order valence-corrected chi connectivity index (χ4v) is 10.1. The van der Waals surface area contributed by atoms with Crippen molar-refractivity contribution in [2.45, 2.75) is 98.7 Å². The second-order valence-corrected chi connectivity index (χ2v) is 19.5. The van der Waals surface area contributed by atoms with Gasteiger partial charge in [0.05, 0.1) is 0 Å². The van der Waals surface area contributed by atoms with Gasteiger partial charge in [0.2, 0.25) is 5.82 Å². The lowest BCUT2D eigenvalue weighted by Crippen LogP contribution is -2.26. The summed E-state index contributed by atoms with van der Waals surface area (Å²) in [6.45, 7) is 14.0. The second-order valence-electron chi connectivity index (χ2n) is 15.1. The molecule has 0 amide bonds. The topological polar surface area (TPSA) is 150 Å². The zero-order valence-corrected chi connectivity index (χ0v) is 34.2. The molecule has 0 spiro atoms. The van der Waals surface area contributed by atoms with E-state index in [0.29, 0.717) is 0 Å². The molecule has 0 N–H and O–H groups in total. The highest BCUT2D eigenvalue weighted by Gasteiger charge is 2.43. The number of rotatable bonds is 9. The van der Waals surface area contributed by atoms with E-state index in [2.05, 4.69) is 0 Å². The smallest absolute Gasteiger partial charge is 0.428 e. The highest BCUT2D eigenvalue weighted by Crippen LogP contribution is 2.71. The van der Waals surface area contributed by atoms with Crippen molar-refractivity contribution >= 4 is 38.9 Å². The van der Waals surface area contributed by atoms with E-state index in [-0.39, 0.29) is 31.9 Å². The molecule has 0 saturated carbocycles. The van der Waals surface area contributed by atoms with Gasteiger partial charge < -0.3 is 28.4 Å². The summed E-state index contributed by atoms with van der Waals surface area (Å²) in [5.74, 6) is -14.2. The molecule has 0 aliphatic carbocycles. The molecule has 0 aliphatic heterocycles. The lowest BCUT2D eigenvalue weighted by Gasteiger charge is -2.39. The Morgan fingerprint density at radius 3 is 1.02 bits per heavy atom. The zero-order chi connectivity index (χ0) is 43.6. The average Bonchev–Trinajstić information content (AvgIpc) is 3.06. The minimum atomic E-state index is -6.12. The van der Waals surface area contributed by atoms with E-state index in [9.17, 15) is 36.0 Å². The van der Waals surface area contributed by atoms with E-state index >= 15 is 8.78 Å². The van der Waals surface area contributed by atoms with Crippen LogP contribution in [0.2, 0.25) is 0 Å². The second kappa shape index (κ2) is 16.8. The number of carbonyl (C=O) groups is 3. The van der Waals surface area contributed by atoms with Crippen LogP contribution in [0, 0.1) is 29.1 Å². The van der Waals surface area contributed by atoms with Crippen LogP contribution in [0.4, 0.5) is 36.3 Å². The maximum absolute atomic E-state index is 15.3. The van der Waals surface area contributed by atoms with Crippen LogP contribution in [0.3, 0.4) is 0 Å². The van der Waals surface area contributed by atoms with Crippen LogP contribution in [0.5, 0.6) is 17.2 Å². The normalized spacial score (nSPS) is 12.7. The molecule has 0 unspecified atom stereocenters. The van der Waals surface area contributed by atoms with Crippen LogP contribution >= 0.6 is 10.3 Å². The maximum Gasteiger partial charge on any atom is 0.514 e. The van der Waals surface area contributed by atoms with Crippen LogP contribution in [0.1, 0.15) is 62.3 Å².